The van der Waals surface area contributed by atoms with Crippen LogP contribution in [0.1, 0.15) is 48.4 Å². The van der Waals surface area contributed by atoms with Gasteiger partial charge in [-0.2, -0.15) is 0 Å². The van der Waals surface area contributed by atoms with Gasteiger partial charge in [0, 0.05) is 41.7 Å². The first kappa shape index (κ1) is 14.5. The van der Waals surface area contributed by atoms with Gasteiger partial charge in [-0.3, -0.25) is 0 Å². The molecule has 1 aromatic heterocycles. The first-order valence-corrected chi connectivity index (χ1v) is 8.53. The number of nitrogens with one attached hydrogen (secondary N) is 1. The van der Waals surface area contributed by atoms with Gasteiger partial charge in [0.05, 0.1) is 5.60 Å². The first-order chi connectivity index (χ1) is 9.67. The van der Waals surface area contributed by atoms with E-state index in [0.29, 0.717) is 12.1 Å². The predicted octanol–water partition coefficient (Wildman–Crippen LogP) is 3.44. The molecule has 2 fully saturated rings. The topological polar surface area (TPSA) is 30.5 Å². The molecule has 3 rings (SSSR count). The predicted molar refractivity (Wildman–Crippen MR) is 82.4 cm³/mol. The maximum atomic E-state index is 6.11. The molecule has 0 bridgehead atoms. The zero-order valence-electron chi connectivity index (χ0n) is 12.5. The van der Waals surface area contributed by atoms with Gasteiger partial charge < -0.3 is 14.8 Å². The van der Waals surface area contributed by atoms with Crippen LogP contribution in [0.5, 0.6) is 0 Å². The monoisotopic (exact) mass is 295 g/mol. The van der Waals surface area contributed by atoms with Crippen molar-refractivity contribution in [2.75, 3.05) is 19.8 Å². The van der Waals surface area contributed by atoms with E-state index in [1.54, 1.807) is 0 Å². The molecule has 2 saturated heterocycles. The summed E-state index contributed by atoms with van der Waals surface area (Å²) in [6.07, 6.45) is 4.36. The van der Waals surface area contributed by atoms with Gasteiger partial charge in [0.15, 0.2) is 0 Å². The molecule has 2 unspecified atom stereocenters. The van der Waals surface area contributed by atoms with Crippen molar-refractivity contribution >= 4 is 11.3 Å². The van der Waals surface area contributed by atoms with Gasteiger partial charge >= 0.3 is 0 Å². The van der Waals surface area contributed by atoms with E-state index in [1.165, 1.54) is 9.75 Å². The summed E-state index contributed by atoms with van der Waals surface area (Å²) in [5.74, 6) is 0. The zero-order valence-corrected chi connectivity index (χ0v) is 13.3. The van der Waals surface area contributed by atoms with E-state index in [4.69, 9.17) is 9.47 Å². The van der Waals surface area contributed by atoms with Crippen LogP contribution in [0.4, 0.5) is 0 Å². The standard InChI is InChI=1S/C16H25NO2S/c1-12-3-4-15(20-12)13(2)17-14-5-8-19-16(11-14)6-9-18-10-7-16/h3-4,13-14,17H,5-11H2,1-2H3. The smallest absolute Gasteiger partial charge is 0.0741 e. The van der Waals surface area contributed by atoms with E-state index in [1.807, 2.05) is 11.3 Å². The zero-order chi connectivity index (χ0) is 14.0. The summed E-state index contributed by atoms with van der Waals surface area (Å²) in [4.78, 5) is 2.83. The van der Waals surface area contributed by atoms with E-state index >= 15 is 0 Å². The number of thiophene rings is 1. The number of hydrogen-bond acceptors (Lipinski definition) is 4. The van der Waals surface area contributed by atoms with Crippen LogP contribution < -0.4 is 5.32 Å². The summed E-state index contributed by atoms with van der Waals surface area (Å²) in [6, 6.07) is 5.47. The van der Waals surface area contributed by atoms with E-state index in [-0.39, 0.29) is 5.60 Å². The summed E-state index contributed by atoms with van der Waals surface area (Å²) in [5, 5.41) is 3.81. The fraction of sp³-hybridized carbons (Fsp3) is 0.750. The molecule has 0 aliphatic carbocycles. The molecule has 0 saturated carbocycles. The number of ether oxygens (including phenoxy) is 2. The van der Waals surface area contributed by atoms with Crippen molar-refractivity contribution in [2.45, 2.75) is 57.2 Å². The van der Waals surface area contributed by atoms with Crippen molar-refractivity contribution in [1.82, 2.24) is 5.32 Å². The Labute approximate surface area is 125 Å². The highest BCUT2D eigenvalue weighted by Gasteiger charge is 2.39. The molecule has 2 aliphatic rings. The van der Waals surface area contributed by atoms with E-state index in [9.17, 15) is 0 Å². The molecule has 4 heteroatoms. The van der Waals surface area contributed by atoms with Crippen LogP contribution in [0.3, 0.4) is 0 Å². The molecule has 0 aromatic carbocycles. The molecule has 112 valence electrons. The molecule has 2 aliphatic heterocycles. The number of aryl methyl sites for hydroxylation is 1. The lowest BCUT2D eigenvalue weighted by Crippen LogP contribution is -2.50. The summed E-state index contributed by atoms with van der Waals surface area (Å²) in [5.41, 5.74) is 0.0826. The largest absolute Gasteiger partial charge is 0.381 e. The SMILES string of the molecule is Cc1ccc(C(C)NC2CCOC3(CCOCC3)C2)s1. The molecule has 2 atom stereocenters. The van der Waals surface area contributed by atoms with Crippen molar-refractivity contribution in [3.05, 3.63) is 21.9 Å². The lowest BCUT2D eigenvalue weighted by Gasteiger charge is -2.44. The Morgan fingerprint density at radius 2 is 2.10 bits per heavy atom. The van der Waals surface area contributed by atoms with Crippen LogP contribution in [-0.2, 0) is 9.47 Å². The normalized spacial score (nSPS) is 27.6. The average molecular weight is 295 g/mol. The molecule has 1 N–H and O–H groups in total. The molecule has 3 heterocycles. The Kier molecular flexibility index (Phi) is 4.46. The third-order valence-corrected chi connectivity index (χ3v) is 5.75. The van der Waals surface area contributed by atoms with Gasteiger partial charge in [-0.05, 0) is 51.7 Å². The first-order valence-electron chi connectivity index (χ1n) is 7.71. The van der Waals surface area contributed by atoms with Crippen LogP contribution in [0.15, 0.2) is 12.1 Å². The van der Waals surface area contributed by atoms with Gasteiger partial charge in [-0.25, -0.2) is 0 Å². The average Bonchev–Trinajstić information content (AvgIpc) is 2.86. The molecular formula is C16H25NO2S. The summed E-state index contributed by atoms with van der Waals surface area (Å²) in [6.45, 7) is 7.04. The van der Waals surface area contributed by atoms with Crippen molar-refractivity contribution < 1.29 is 9.47 Å². The summed E-state index contributed by atoms with van der Waals surface area (Å²) >= 11 is 1.90. The minimum atomic E-state index is 0.0826. The Bertz CT molecular complexity index is 434. The Morgan fingerprint density at radius 3 is 2.80 bits per heavy atom. The quantitative estimate of drug-likeness (QED) is 0.926. The Hall–Kier alpha value is -0.420. The molecule has 20 heavy (non-hydrogen) atoms. The third kappa shape index (κ3) is 3.25. The fourth-order valence-electron chi connectivity index (χ4n) is 3.38. The van der Waals surface area contributed by atoms with Crippen molar-refractivity contribution in [3.63, 3.8) is 0 Å². The van der Waals surface area contributed by atoms with Gasteiger partial charge in [0.1, 0.15) is 0 Å². The molecule has 0 amide bonds. The van der Waals surface area contributed by atoms with Gasteiger partial charge in [-0.15, -0.1) is 11.3 Å². The Morgan fingerprint density at radius 1 is 1.30 bits per heavy atom. The van der Waals surface area contributed by atoms with Crippen LogP contribution in [0, 0.1) is 6.92 Å². The second-order valence-corrected chi connectivity index (χ2v) is 7.49. The molecular weight excluding hydrogens is 270 g/mol. The minimum Gasteiger partial charge on any atom is -0.381 e. The van der Waals surface area contributed by atoms with Gasteiger partial charge in [0.2, 0.25) is 0 Å². The fourth-order valence-corrected chi connectivity index (χ4v) is 4.27. The highest BCUT2D eigenvalue weighted by Crippen LogP contribution is 2.35. The van der Waals surface area contributed by atoms with Gasteiger partial charge in [0.25, 0.3) is 0 Å². The van der Waals surface area contributed by atoms with Crippen molar-refractivity contribution in [1.29, 1.82) is 0 Å². The minimum absolute atomic E-state index is 0.0826. The summed E-state index contributed by atoms with van der Waals surface area (Å²) < 4.78 is 11.6. The second-order valence-electron chi connectivity index (χ2n) is 6.17. The highest BCUT2D eigenvalue weighted by molar-refractivity contribution is 7.12. The Balaban J connectivity index is 1.59. The molecule has 3 nitrogen and oxygen atoms in total. The van der Waals surface area contributed by atoms with E-state index in [2.05, 4.69) is 31.3 Å². The summed E-state index contributed by atoms with van der Waals surface area (Å²) in [7, 11) is 0. The lowest BCUT2D eigenvalue weighted by molar-refractivity contribution is -0.140. The number of hydrogen-bond donors (Lipinski definition) is 1. The van der Waals surface area contributed by atoms with E-state index in [0.717, 1.165) is 45.5 Å². The number of rotatable bonds is 3. The van der Waals surface area contributed by atoms with Crippen LogP contribution in [0.2, 0.25) is 0 Å². The van der Waals surface area contributed by atoms with Crippen LogP contribution >= 0.6 is 11.3 Å². The second kappa shape index (κ2) is 6.14. The maximum absolute atomic E-state index is 6.11. The lowest BCUT2D eigenvalue weighted by atomic mass is 9.84. The van der Waals surface area contributed by atoms with E-state index < -0.39 is 0 Å². The van der Waals surface area contributed by atoms with Crippen LogP contribution in [0.25, 0.3) is 0 Å². The highest BCUT2D eigenvalue weighted by atomic mass is 32.1. The van der Waals surface area contributed by atoms with Gasteiger partial charge in [-0.1, -0.05) is 0 Å². The molecule has 0 radical (unpaired) electrons. The maximum Gasteiger partial charge on any atom is 0.0741 e. The third-order valence-electron chi connectivity index (χ3n) is 4.57. The molecule has 1 aromatic rings. The van der Waals surface area contributed by atoms with Crippen LogP contribution in [-0.4, -0.2) is 31.5 Å². The van der Waals surface area contributed by atoms with Crippen molar-refractivity contribution in [3.8, 4) is 0 Å². The molecule has 1 spiro atoms. The van der Waals surface area contributed by atoms with Crippen molar-refractivity contribution in [2.24, 2.45) is 0 Å².